The summed E-state index contributed by atoms with van der Waals surface area (Å²) in [6.07, 6.45) is 14.9. The molecule has 3 nitrogen and oxygen atoms in total. The molecular weight excluding hydrogens is 408 g/mol. The van der Waals surface area contributed by atoms with E-state index in [4.69, 9.17) is 4.74 Å². The van der Waals surface area contributed by atoms with E-state index >= 15 is 0 Å². The number of ether oxygens (including phenoxy) is 1. The number of hydrogen-bond acceptors (Lipinski definition) is 3. The number of rotatable bonds is 6. The summed E-state index contributed by atoms with van der Waals surface area (Å²) in [6.45, 7) is 17.0. The Morgan fingerprint density at radius 1 is 1.15 bits per heavy atom. The second-order valence-electron chi connectivity index (χ2n) is 13.2. The first-order valence-corrected chi connectivity index (χ1v) is 13.4. The van der Waals surface area contributed by atoms with Crippen LogP contribution in [0.1, 0.15) is 106 Å². The van der Waals surface area contributed by atoms with Crippen molar-refractivity contribution in [2.24, 2.45) is 45.3 Å². The van der Waals surface area contributed by atoms with Crippen LogP contribution in [-0.2, 0) is 14.3 Å². The van der Waals surface area contributed by atoms with Crippen molar-refractivity contribution in [3.8, 4) is 0 Å². The van der Waals surface area contributed by atoms with E-state index in [-0.39, 0.29) is 16.2 Å². The summed E-state index contributed by atoms with van der Waals surface area (Å²) >= 11 is 0. The van der Waals surface area contributed by atoms with E-state index in [1.54, 1.807) is 5.57 Å². The third-order valence-electron chi connectivity index (χ3n) is 11.6. The normalized spacial score (nSPS) is 43.1. The summed E-state index contributed by atoms with van der Waals surface area (Å²) in [6, 6.07) is 0. The van der Waals surface area contributed by atoms with E-state index in [2.05, 4.69) is 53.7 Å². The quantitative estimate of drug-likeness (QED) is 0.235. The van der Waals surface area contributed by atoms with Crippen LogP contribution in [-0.4, -0.2) is 12.3 Å². The Balaban J connectivity index is 1.57. The predicted molar refractivity (Wildman–Crippen MR) is 133 cm³/mol. The maximum absolute atomic E-state index is 12.8. The molecule has 3 saturated carbocycles. The van der Waals surface area contributed by atoms with Crippen molar-refractivity contribution in [1.82, 2.24) is 0 Å². The van der Waals surface area contributed by atoms with Crippen molar-refractivity contribution >= 4 is 12.3 Å². The van der Waals surface area contributed by atoms with Gasteiger partial charge in [-0.25, -0.2) is 0 Å². The van der Waals surface area contributed by atoms with Gasteiger partial charge in [0.2, 0.25) is 0 Å². The molecule has 0 spiro atoms. The monoisotopic (exact) mass is 454 g/mol. The minimum absolute atomic E-state index is 0.192. The van der Waals surface area contributed by atoms with Crippen LogP contribution in [0.2, 0.25) is 0 Å². The van der Waals surface area contributed by atoms with E-state index < -0.39 is 0 Å². The zero-order chi connectivity index (χ0) is 24.2. The Bertz CT molecular complexity index is 866. The highest BCUT2D eigenvalue weighted by Crippen LogP contribution is 2.73. The lowest BCUT2D eigenvalue weighted by atomic mass is 9.41. The van der Waals surface area contributed by atoms with Crippen LogP contribution in [0.5, 0.6) is 0 Å². The average Bonchev–Trinajstić information content (AvgIpc) is 3.03. The molecule has 0 bridgehead atoms. The molecule has 33 heavy (non-hydrogen) atoms. The third kappa shape index (κ3) is 3.59. The van der Waals surface area contributed by atoms with E-state index in [0.29, 0.717) is 41.2 Å². The molecule has 0 aromatic heterocycles. The van der Waals surface area contributed by atoms with Crippen molar-refractivity contribution in [2.45, 2.75) is 106 Å². The molecular formula is C30H46O3. The van der Waals surface area contributed by atoms with Gasteiger partial charge in [-0.3, -0.25) is 9.59 Å². The zero-order valence-electron chi connectivity index (χ0n) is 22.1. The number of carbonyl (C=O) groups is 2. The molecule has 3 heteroatoms. The second-order valence-corrected chi connectivity index (χ2v) is 13.2. The van der Waals surface area contributed by atoms with Gasteiger partial charge in [-0.05, 0) is 104 Å². The van der Waals surface area contributed by atoms with Gasteiger partial charge in [0.1, 0.15) is 11.5 Å². The molecule has 4 rings (SSSR count). The molecule has 0 heterocycles. The van der Waals surface area contributed by atoms with Gasteiger partial charge >= 0.3 is 0 Å². The lowest BCUT2D eigenvalue weighted by Gasteiger charge is -2.63. The number of Topliss-reactive ketones (excluding diaryl/α,β-unsaturated/α-hetero) is 1. The molecule has 184 valence electrons. The van der Waals surface area contributed by atoms with Crippen molar-refractivity contribution in [3.05, 3.63) is 23.5 Å². The summed E-state index contributed by atoms with van der Waals surface area (Å²) in [5, 5.41) is 0. The first kappa shape index (κ1) is 24.7. The predicted octanol–water partition coefficient (Wildman–Crippen LogP) is 7.65. The first-order chi connectivity index (χ1) is 15.4. The Labute approximate surface area is 201 Å². The van der Waals surface area contributed by atoms with Gasteiger partial charge in [-0.15, -0.1) is 0 Å². The van der Waals surface area contributed by atoms with Crippen LogP contribution in [0.25, 0.3) is 0 Å². The molecule has 3 fully saturated rings. The topological polar surface area (TPSA) is 43.4 Å². The number of carbonyl (C=O) groups excluding carboxylic acids is 2. The summed E-state index contributed by atoms with van der Waals surface area (Å²) in [4.78, 5) is 23.4. The molecule has 0 N–H and O–H groups in total. The van der Waals surface area contributed by atoms with Crippen LogP contribution in [0.4, 0.5) is 0 Å². The van der Waals surface area contributed by atoms with Gasteiger partial charge in [0, 0.05) is 11.8 Å². The molecule has 4 aliphatic rings. The van der Waals surface area contributed by atoms with Gasteiger partial charge in [0.05, 0.1) is 0 Å². The number of fused-ring (bicyclic) bond motifs is 5. The van der Waals surface area contributed by atoms with Crippen LogP contribution in [0, 0.1) is 45.3 Å². The Kier molecular flexibility index (Phi) is 6.28. The van der Waals surface area contributed by atoms with Crippen molar-refractivity contribution in [1.29, 1.82) is 0 Å². The fraction of sp³-hybridized carbons (Fsp3) is 0.800. The highest BCUT2D eigenvalue weighted by molar-refractivity contribution is 5.85. The van der Waals surface area contributed by atoms with Crippen molar-refractivity contribution < 1.29 is 14.3 Å². The SMILES string of the molecule is CC(=CCC[C@H](C)[C@@H]1CC[C@@]2(C)C3=CC[C@H]4C(C)(C)C(=O)CC[C@]4(C)[C@H]3CC[C@@]12C)OC=O. The molecule has 0 aliphatic heterocycles. The van der Waals surface area contributed by atoms with E-state index in [0.717, 1.165) is 38.0 Å². The molecule has 0 aromatic carbocycles. The molecule has 0 amide bonds. The Morgan fingerprint density at radius 3 is 2.58 bits per heavy atom. The molecule has 0 saturated heterocycles. The molecule has 0 radical (unpaired) electrons. The largest absolute Gasteiger partial charge is 0.434 e. The van der Waals surface area contributed by atoms with Gasteiger partial charge in [-0.2, -0.15) is 0 Å². The maximum atomic E-state index is 12.8. The fourth-order valence-electron chi connectivity index (χ4n) is 9.34. The summed E-state index contributed by atoms with van der Waals surface area (Å²) < 4.78 is 4.96. The van der Waals surface area contributed by atoms with Gasteiger partial charge < -0.3 is 4.74 Å². The number of hydrogen-bond donors (Lipinski definition) is 0. The highest BCUT2D eigenvalue weighted by atomic mass is 16.5. The first-order valence-electron chi connectivity index (χ1n) is 13.4. The molecule has 4 aliphatic carbocycles. The summed E-state index contributed by atoms with van der Waals surface area (Å²) in [7, 11) is 0. The van der Waals surface area contributed by atoms with Crippen LogP contribution in [0.15, 0.2) is 23.5 Å². The van der Waals surface area contributed by atoms with Crippen LogP contribution in [0.3, 0.4) is 0 Å². The minimum atomic E-state index is -0.192. The van der Waals surface area contributed by atoms with Crippen molar-refractivity contribution in [3.63, 3.8) is 0 Å². The lowest BCUT2D eigenvalue weighted by molar-refractivity contribution is -0.146. The second kappa shape index (κ2) is 8.38. The maximum Gasteiger partial charge on any atom is 0.298 e. The number of allylic oxidation sites excluding steroid dienone is 4. The van der Waals surface area contributed by atoms with E-state index in [1.165, 1.54) is 25.7 Å². The zero-order valence-corrected chi connectivity index (χ0v) is 22.1. The van der Waals surface area contributed by atoms with Crippen LogP contribution >= 0.6 is 0 Å². The van der Waals surface area contributed by atoms with Crippen molar-refractivity contribution in [2.75, 3.05) is 0 Å². The standard InChI is InChI=1S/C30H46O3/c1-20(9-8-10-21(2)33-19-31)22-13-17-30(7)24-11-12-25-27(3,4)26(32)15-16-28(25,5)23(24)14-18-29(22,30)6/h10-11,19-20,22-23,25H,8-9,12-18H2,1-7H3/t20-,22-,23-,25-,28+,29-,30-/m0/s1. The van der Waals surface area contributed by atoms with E-state index in [1.807, 2.05) is 6.92 Å². The lowest BCUT2D eigenvalue weighted by Crippen LogP contribution is -2.57. The van der Waals surface area contributed by atoms with Crippen LogP contribution < -0.4 is 0 Å². The Hall–Kier alpha value is -1.38. The third-order valence-corrected chi connectivity index (χ3v) is 11.6. The average molecular weight is 455 g/mol. The number of ketones is 1. The highest BCUT2D eigenvalue weighted by Gasteiger charge is 2.65. The molecule has 0 aromatic rings. The smallest absolute Gasteiger partial charge is 0.298 e. The van der Waals surface area contributed by atoms with Gasteiger partial charge in [0.15, 0.2) is 0 Å². The van der Waals surface area contributed by atoms with E-state index in [9.17, 15) is 9.59 Å². The molecule has 7 atom stereocenters. The van der Waals surface area contributed by atoms with Gasteiger partial charge in [-0.1, -0.05) is 53.2 Å². The summed E-state index contributed by atoms with van der Waals surface area (Å²) in [5.41, 5.74) is 2.44. The molecule has 0 unspecified atom stereocenters. The van der Waals surface area contributed by atoms with Gasteiger partial charge in [0.25, 0.3) is 6.47 Å². The Morgan fingerprint density at radius 2 is 1.88 bits per heavy atom. The summed E-state index contributed by atoms with van der Waals surface area (Å²) in [5.74, 6) is 3.71. The fourth-order valence-corrected chi connectivity index (χ4v) is 9.34. The minimum Gasteiger partial charge on any atom is -0.434 e.